The molecule has 0 saturated carbocycles. The van der Waals surface area contributed by atoms with E-state index in [9.17, 15) is 10.2 Å². The molecule has 0 spiro atoms. The molecule has 0 unspecified atom stereocenters. The fourth-order valence-electron chi connectivity index (χ4n) is 3.10. The fourth-order valence-corrected chi connectivity index (χ4v) is 3.84. The lowest BCUT2D eigenvalue weighted by Gasteiger charge is -2.34. The van der Waals surface area contributed by atoms with Crippen molar-refractivity contribution in [3.63, 3.8) is 0 Å². The quantitative estimate of drug-likeness (QED) is 0.472. The lowest BCUT2D eigenvalue weighted by atomic mass is 10.1. The number of likely N-dealkylation sites (N-methyl/N-ethyl adjacent to an activating group) is 1. The molecule has 4 rings (SSSR count). The van der Waals surface area contributed by atoms with E-state index in [0.29, 0.717) is 5.69 Å². The number of hydrogen-bond acceptors (Lipinski definition) is 7. The van der Waals surface area contributed by atoms with Crippen molar-refractivity contribution in [2.75, 3.05) is 43.4 Å². The van der Waals surface area contributed by atoms with Crippen LogP contribution >= 0.6 is 11.3 Å². The first kappa shape index (κ1) is 17.6. The number of benzene rings is 2. The number of nitrogens with zero attached hydrogens (tertiary/aromatic N) is 3. The first-order chi connectivity index (χ1) is 13.1. The van der Waals surface area contributed by atoms with Gasteiger partial charge in [0, 0.05) is 54.6 Å². The second kappa shape index (κ2) is 7.46. The number of thiazole rings is 1. The van der Waals surface area contributed by atoms with E-state index in [0.717, 1.165) is 42.6 Å². The number of anilines is 3. The lowest BCUT2D eigenvalue weighted by Crippen LogP contribution is -2.44. The van der Waals surface area contributed by atoms with Crippen molar-refractivity contribution in [2.45, 2.75) is 0 Å². The van der Waals surface area contributed by atoms with Crippen molar-refractivity contribution < 1.29 is 10.2 Å². The second-order valence-electron chi connectivity index (χ2n) is 6.70. The van der Waals surface area contributed by atoms with Gasteiger partial charge >= 0.3 is 0 Å². The summed E-state index contributed by atoms with van der Waals surface area (Å²) in [5.74, 6) is -0.294. The average Bonchev–Trinajstić information content (AvgIpc) is 3.14. The molecule has 0 aliphatic carbocycles. The molecular weight excluding hydrogens is 360 g/mol. The molecule has 6 nitrogen and oxygen atoms in total. The molecule has 7 heteroatoms. The molecule has 1 aliphatic rings. The zero-order chi connectivity index (χ0) is 18.8. The first-order valence-corrected chi connectivity index (χ1v) is 9.75. The summed E-state index contributed by atoms with van der Waals surface area (Å²) in [6, 6.07) is 13.2. The Kier molecular flexibility index (Phi) is 4.87. The van der Waals surface area contributed by atoms with Crippen LogP contribution < -0.4 is 10.2 Å². The number of nitrogens with one attached hydrogen (secondary N) is 1. The molecule has 27 heavy (non-hydrogen) atoms. The molecule has 0 bridgehead atoms. The van der Waals surface area contributed by atoms with Crippen molar-refractivity contribution in [1.82, 2.24) is 9.88 Å². The minimum Gasteiger partial charge on any atom is -0.504 e. The third-order valence-electron chi connectivity index (χ3n) is 4.76. The first-order valence-electron chi connectivity index (χ1n) is 8.87. The molecule has 3 N–H and O–H groups in total. The van der Waals surface area contributed by atoms with Gasteiger partial charge in [0.1, 0.15) is 0 Å². The number of rotatable bonds is 4. The Bertz CT molecular complexity index is 918. The van der Waals surface area contributed by atoms with E-state index in [-0.39, 0.29) is 11.5 Å². The van der Waals surface area contributed by atoms with E-state index in [1.54, 1.807) is 6.07 Å². The Labute approximate surface area is 162 Å². The summed E-state index contributed by atoms with van der Waals surface area (Å²) >= 11 is 1.50. The van der Waals surface area contributed by atoms with Gasteiger partial charge in [-0.05, 0) is 31.3 Å². The van der Waals surface area contributed by atoms with Gasteiger partial charge in [0.2, 0.25) is 0 Å². The van der Waals surface area contributed by atoms with Gasteiger partial charge in [-0.1, -0.05) is 12.1 Å². The molecule has 1 aromatic heterocycles. The number of aromatic nitrogens is 1. The van der Waals surface area contributed by atoms with Gasteiger partial charge in [0.25, 0.3) is 0 Å². The van der Waals surface area contributed by atoms with Crippen LogP contribution in [0.25, 0.3) is 11.3 Å². The fraction of sp³-hybridized carbons (Fsp3) is 0.250. The largest absolute Gasteiger partial charge is 0.504 e. The van der Waals surface area contributed by atoms with Gasteiger partial charge in [0.15, 0.2) is 16.6 Å². The summed E-state index contributed by atoms with van der Waals surface area (Å²) in [4.78, 5) is 9.38. The number of aromatic hydroxyl groups is 2. The monoisotopic (exact) mass is 382 g/mol. The molecule has 1 aliphatic heterocycles. The van der Waals surface area contributed by atoms with Crippen LogP contribution in [-0.4, -0.2) is 53.3 Å². The Morgan fingerprint density at radius 2 is 1.70 bits per heavy atom. The van der Waals surface area contributed by atoms with Crippen LogP contribution in [0.4, 0.5) is 16.5 Å². The van der Waals surface area contributed by atoms with Gasteiger partial charge in [-0.15, -0.1) is 11.3 Å². The highest BCUT2D eigenvalue weighted by Gasteiger charge is 2.14. The second-order valence-corrected chi connectivity index (χ2v) is 7.56. The van der Waals surface area contributed by atoms with Crippen molar-refractivity contribution in [2.24, 2.45) is 0 Å². The van der Waals surface area contributed by atoms with Gasteiger partial charge in [-0.25, -0.2) is 4.98 Å². The summed E-state index contributed by atoms with van der Waals surface area (Å²) in [5.41, 5.74) is 3.91. The Morgan fingerprint density at radius 1 is 0.963 bits per heavy atom. The van der Waals surface area contributed by atoms with E-state index in [2.05, 4.69) is 51.4 Å². The van der Waals surface area contributed by atoms with Crippen LogP contribution in [0.3, 0.4) is 0 Å². The molecule has 140 valence electrons. The molecule has 1 fully saturated rings. The van der Waals surface area contributed by atoms with Crippen LogP contribution in [-0.2, 0) is 0 Å². The van der Waals surface area contributed by atoms with Gasteiger partial charge in [-0.2, -0.15) is 0 Å². The number of phenolic OH excluding ortho intramolecular Hbond substituents is 2. The molecular formula is C20H22N4O2S. The van der Waals surface area contributed by atoms with Gasteiger partial charge in [-0.3, -0.25) is 0 Å². The lowest BCUT2D eigenvalue weighted by molar-refractivity contribution is 0.313. The highest BCUT2D eigenvalue weighted by Crippen LogP contribution is 2.32. The maximum atomic E-state index is 9.60. The zero-order valence-corrected chi connectivity index (χ0v) is 15.9. The molecule has 2 aromatic carbocycles. The number of piperazine rings is 1. The average molecular weight is 382 g/mol. The van der Waals surface area contributed by atoms with E-state index in [1.165, 1.54) is 29.2 Å². The Balaban J connectivity index is 1.45. The molecule has 0 amide bonds. The predicted molar refractivity (Wildman–Crippen MR) is 110 cm³/mol. The van der Waals surface area contributed by atoms with Crippen molar-refractivity contribution in [1.29, 1.82) is 0 Å². The Hall–Kier alpha value is -2.77. The van der Waals surface area contributed by atoms with E-state index in [1.807, 2.05) is 5.38 Å². The summed E-state index contributed by atoms with van der Waals surface area (Å²) in [5, 5.41) is 24.9. The summed E-state index contributed by atoms with van der Waals surface area (Å²) in [6.45, 7) is 4.30. The van der Waals surface area contributed by atoms with Gasteiger partial charge in [0.05, 0.1) is 5.69 Å². The standard InChI is InChI=1S/C20H22N4O2S/c1-23-8-10-24(11-9-23)16-5-2-14(3-6-16)17-13-27-20(22-17)21-15-4-7-18(25)19(26)12-15/h2-7,12-13,25-26H,8-11H2,1H3,(H,21,22). The van der Waals surface area contributed by atoms with E-state index < -0.39 is 0 Å². The summed E-state index contributed by atoms with van der Waals surface area (Å²) in [6.07, 6.45) is 0. The highest BCUT2D eigenvalue weighted by molar-refractivity contribution is 7.14. The zero-order valence-electron chi connectivity index (χ0n) is 15.1. The SMILES string of the molecule is CN1CCN(c2ccc(-c3csc(Nc4ccc(O)c(O)c4)n3)cc2)CC1. The van der Waals surface area contributed by atoms with E-state index in [4.69, 9.17) is 0 Å². The normalized spacial score (nSPS) is 15.1. The summed E-state index contributed by atoms with van der Waals surface area (Å²) in [7, 11) is 2.16. The molecule has 1 saturated heterocycles. The van der Waals surface area contributed by atoms with Crippen molar-refractivity contribution >= 4 is 27.8 Å². The highest BCUT2D eigenvalue weighted by atomic mass is 32.1. The third kappa shape index (κ3) is 3.99. The van der Waals surface area contributed by atoms with Crippen LogP contribution in [0.15, 0.2) is 47.8 Å². The van der Waals surface area contributed by atoms with E-state index >= 15 is 0 Å². The maximum Gasteiger partial charge on any atom is 0.187 e. The van der Waals surface area contributed by atoms with Crippen LogP contribution in [0.1, 0.15) is 0 Å². The van der Waals surface area contributed by atoms with Crippen LogP contribution in [0.5, 0.6) is 11.5 Å². The van der Waals surface area contributed by atoms with Crippen LogP contribution in [0.2, 0.25) is 0 Å². The maximum absolute atomic E-state index is 9.60. The Morgan fingerprint density at radius 3 is 2.41 bits per heavy atom. The van der Waals surface area contributed by atoms with Crippen molar-refractivity contribution in [3.8, 4) is 22.8 Å². The number of phenols is 2. The smallest absolute Gasteiger partial charge is 0.187 e. The number of hydrogen-bond donors (Lipinski definition) is 3. The van der Waals surface area contributed by atoms with Crippen molar-refractivity contribution in [3.05, 3.63) is 47.8 Å². The minimum atomic E-state index is -0.156. The topological polar surface area (TPSA) is 71.9 Å². The molecule has 2 heterocycles. The third-order valence-corrected chi connectivity index (χ3v) is 5.52. The molecule has 3 aromatic rings. The predicted octanol–water partition coefficient (Wildman–Crippen LogP) is 3.72. The summed E-state index contributed by atoms with van der Waals surface area (Å²) < 4.78 is 0. The van der Waals surface area contributed by atoms with Crippen LogP contribution in [0, 0.1) is 0 Å². The minimum absolute atomic E-state index is 0.138. The molecule has 0 radical (unpaired) electrons. The molecule has 0 atom stereocenters. The van der Waals surface area contributed by atoms with Gasteiger partial charge < -0.3 is 25.3 Å².